The Hall–Kier alpha value is -3.54. The number of aryl methyl sites for hydroxylation is 2. The van der Waals surface area contributed by atoms with Crippen molar-refractivity contribution < 1.29 is 9.21 Å². The maximum absolute atomic E-state index is 12.7. The SMILES string of the molecule is Cc1nn(-c2ccccc2)c(C)c1NC(=O)NC(C)c1oc2ccccc2c1C. The van der Waals surface area contributed by atoms with Crippen molar-refractivity contribution in [1.82, 2.24) is 15.1 Å². The first kappa shape index (κ1) is 18.8. The van der Waals surface area contributed by atoms with Crippen LogP contribution in [0, 0.1) is 20.8 Å². The number of para-hydroxylation sites is 2. The van der Waals surface area contributed by atoms with Crippen LogP contribution in [0.1, 0.15) is 35.7 Å². The molecule has 1 atom stereocenters. The molecule has 4 rings (SSSR count). The molecule has 0 saturated carbocycles. The molecular weight excluding hydrogens is 364 g/mol. The largest absolute Gasteiger partial charge is 0.459 e. The maximum atomic E-state index is 12.7. The molecule has 1 unspecified atom stereocenters. The van der Waals surface area contributed by atoms with Gasteiger partial charge in [-0.25, -0.2) is 9.48 Å². The van der Waals surface area contributed by atoms with Gasteiger partial charge in [-0.05, 0) is 45.9 Å². The topological polar surface area (TPSA) is 72.1 Å². The van der Waals surface area contributed by atoms with E-state index in [1.165, 1.54) is 0 Å². The molecule has 6 nitrogen and oxygen atoms in total. The smallest absolute Gasteiger partial charge is 0.319 e. The number of carbonyl (C=O) groups is 1. The summed E-state index contributed by atoms with van der Waals surface area (Å²) in [6.45, 7) is 7.75. The predicted octanol–water partition coefficient (Wildman–Crippen LogP) is 5.43. The molecule has 0 aliphatic rings. The van der Waals surface area contributed by atoms with E-state index in [9.17, 15) is 4.79 Å². The van der Waals surface area contributed by atoms with Crippen LogP contribution in [0.3, 0.4) is 0 Å². The summed E-state index contributed by atoms with van der Waals surface area (Å²) in [5.41, 5.74) is 5.15. The number of carbonyl (C=O) groups excluding carboxylic acids is 1. The van der Waals surface area contributed by atoms with Crippen LogP contribution in [0.15, 0.2) is 59.0 Å². The van der Waals surface area contributed by atoms with Gasteiger partial charge in [-0.1, -0.05) is 36.4 Å². The van der Waals surface area contributed by atoms with Gasteiger partial charge in [-0.2, -0.15) is 5.10 Å². The van der Waals surface area contributed by atoms with Crippen molar-refractivity contribution in [3.63, 3.8) is 0 Å². The lowest BCUT2D eigenvalue weighted by molar-refractivity contribution is 0.247. The number of urea groups is 1. The molecule has 148 valence electrons. The minimum absolute atomic E-state index is 0.271. The number of fused-ring (bicyclic) bond motifs is 1. The molecule has 0 fully saturated rings. The van der Waals surface area contributed by atoms with Crippen LogP contribution in [0.4, 0.5) is 10.5 Å². The highest BCUT2D eigenvalue weighted by Crippen LogP contribution is 2.29. The third-order valence-corrected chi connectivity index (χ3v) is 5.15. The standard InChI is InChI=1S/C23H24N4O2/c1-14-19-12-8-9-13-20(19)29-22(14)16(3)24-23(28)25-21-15(2)26-27(17(21)4)18-10-6-5-7-11-18/h5-13,16H,1-4H3,(H2,24,25,28). The zero-order chi connectivity index (χ0) is 20.5. The van der Waals surface area contributed by atoms with E-state index < -0.39 is 0 Å². The van der Waals surface area contributed by atoms with Gasteiger partial charge in [0.25, 0.3) is 0 Å². The molecular formula is C23H24N4O2. The van der Waals surface area contributed by atoms with Crippen molar-refractivity contribution in [2.24, 2.45) is 0 Å². The number of amides is 2. The number of hydrogen-bond donors (Lipinski definition) is 2. The molecule has 2 heterocycles. The molecule has 29 heavy (non-hydrogen) atoms. The summed E-state index contributed by atoms with van der Waals surface area (Å²) >= 11 is 0. The van der Waals surface area contributed by atoms with Crippen LogP contribution < -0.4 is 10.6 Å². The number of anilines is 1. The second-order valence-electron chi connectivity index (χ2n) is 7.20. The fourth-order valence-corrected chi connectivity index (χ4v) is 3.66. The number of aromatic nitrogens is 2. The van der Waals surface area contributed by atoms with Gasteiger partial charge in [-0.3, -0.25) is 0 Å². The van der Waals surface area contributed by atoms with Gasteiger partial charge in [0.15, 0.2) is 0 Å². The lowest BCUT2D eigenvalue weighted by atomic mass is 10.1. The minimum Gasteiger partial charge on any atom is -0.459 e. The molecule has 0 radical (unpaired) electrons. The van der Waals surface area contributed by atoms with Crippen LogP contribution in [0.25, 0.3) is 16.7 Å². The lowest BCUT2D eigenvalue weighted by Crippen LogP contribution is -2.31. The van der Waals surface area contributed by atoms with Gasteiger partial charge in [0.2, 0.25) is 0 Å². The van der Waals surface area contributed by atoms with Crippen molar-refractivity contribution in [2.45, 2.75) is 33.7 Å². The Balaban J connectivity index is 1.52. The normalized spacial score (nSPS) is 12.1. The minimum atomic E-state index is -0.295. The van der Waals surface area contributed by atoms with E-state index in [0.29, 0.717) is 5.69 Å². The third-order valence-electron chi connectivity index (χ3n) is 5.15. The summed E-state index contributed by atoms with van der Waals surface area (Å²) in [7, 11) is 0. The molecule has 0 spiro atoms. The molecule has 2 amide bonds. The Morgan fingerprint density at radius 2 is 1.72 bits per heavy atom. The zero-order valence-corrected chi connectivity index (χ0v) is 17.0. The van der Waals surface area contributed by atoms with Crippen LogP contribution in [-0.2, 0) is 0 Å². The summed E-state index contributed by atoms with van der Waals surface area (Å²) < 4.78 is 7.79. The van der Waals surface area contributed by atoms with Crippen molar-refractivity contribution in [3.05, 3.63) is 77.3 Å². The van der Waals surface area contributed by atoms with Crippen LogP contribution in [0.5, 0.6) is 0 Å². The Kier molecular flexibility index (Phi) is 4.84. The summed E-state index contributed by atoms with van der Waals surface area (Å²) in [5, 5.41) is 11.5. The van der Waals surface area contributed by atoms with Crippen LogP contribution in [-0.4, -0.2) is 15.8 Å². The summed E-state index contributed by atoms with van der Waals surface area (Å²) in [6.07, 6.45) is 0. The number of furan rings is 1. The third kappa shape index (κ3) is 3.49. The summed E-state index contributed by atoms with van der Waals surface area (Å²) in [4.78, 5) is 12.7. The van der Waals surface area contributed by atoms with Gasteiger partial charge < -0.3 is 15.1 Å². The Morgan fingerprint density at radius 1 is 1.03 bits per heavy atom. The quantitative estimate of drug-likeness (QED) is 0.490. The lowest BCUT2D eigenvalue weighted by Gasteiger charge is -2.14. The highest BCUT2D eigenvalue weighted by molar-refractivity contribution is 5.91. The number of benzene rings is 2. The first-order valence-corrected chi connectivity index (χ1v) is 9.63. The highest BCUT2D eigenvalue weighted by Gasteiger charge is 2.20. The second kappa shape index (κ2) is 7.47. The fraction of sp³-hybridized carbons (Fsp3) is 0.217. The average Bonchev–Trinajstić information content (AvgIpc) is 3.20. The van der Waals surface area contributed by atoms with Gasteiger partial charge in [-0.15, -0.1) is 0 Å². The van der Waals surface area contributed by atoms with Crippen molar-refractivity contribution in [2.75, 3.05) is 5.32 Å². The highest BCUT2D eigenvalue weighted by atomic mass is 16.3. The molecule has 6 heteroatoms. The fourth-order valence-electron chi connectivity index (χ4n) is 3.66. The molecule has 2 aromatic heterocycles. The zero-order valence-electron chi connectivity index (χ0n) is 17.0. The van der Waals surface area contributed by atoms with E-state index >= 15 is 0 Å². The molecule has 0 bridgehead atoms. The molecule has 0 aliphatic carbocycles. The predicted molar refractivity (Wildman–Crippen MR) is 115 cm³/mol. The second-order valence-corrected chi connectivity index (χ2v) is 7.20. The molecule has 0 aliphatic heterocycles. The summed E-state index contributed by atoms with van der Waals surface area (Å²) in [6, 6.07) is 17.2. The molecule has 2 aromatic carbocycles. The van der Waals surface area contributed by atoms with Gasteiger partial charge in [0.1, 0.15) is 11.3 Å². The Morgan fingerprint density at radius 3 is 2.45 bits per heavy atom. The maximum Gasteiger partial charge on any atom is 0.319 e. The summed E-state index contributed by atoms with van der Waals surface area (Å²) in [5.74, 6) is 0.759. The van der Waals surface area contributed by atoms with Gasteiger partial charge in [0, 0.05) is 10.9 Å². The average molecular weight is 388 g/mol. The van der Waals surface area contributed by atoms with E-state index in [1.807, 2.05) is 87.0 Å². The molecule has 2 N–H and O–H groups in total. The number of nitrogens with one attached hydrogen (secondary N) is 2. The van der Waals surface area contributed by atoms with E-state index in [0.717, 1.165) is 39.4 Å². The van der Waals surface area contributed by atoms with Gasteiger partial charge in [0.05, 0.1) is 28.8 Å². The van der Waals surface area contributed by atoms with E-state index in [2.05, 4.69) is 15.7 Å². The van der Waals surface area contributed by atoms with E-state index in [-0.39, 0.29) is 12.1 Å². The van der Waals surface area contributed by atoms with Crippen molar-refractivity contribution in [1.29, 1.82) is 0 Å². The van der Waals surface area contributed by atoms with Crippen LogP contribution >= 0.6 is 0 Å². The first-order chi connectivity index (χ1) is 14.0. The van der Waals surface area contributed by atoms with Crippen LogP contribution in [0.2, 0.25) is 0 Å². The Labute approximate surface area is 169 Å². The van der Waals surface area contributed by atoms with E-state index in [4.69, 9.17) is 4.42 Å². The Bertz CT molecular complexity index is 1170. The van der Waals surface area contributed by atoms with E-state index in [1.54, 1.807) is 0 Å². The van der Waals surface area contributed by atoms with Gasteiger partial charge >= 0.3 is 6.03 Å². The van der Waals surface area contributed by atoms with Crippen molar-refractivity contribution in [3.8, 4) is 5.69 Å². The molecule has 0 saturated heterocycles. The van der Waals surface area contributed by atoms with Crippen molar-refractivity contribution >= 4 is 22.7 Å². The number of hydrogen-bond acceptors (Lipinski definition) is 3. The number of rotatable bonds is 4. The molecule has 4 aromatic rings. The number of nitrogens with zero attached hydrogens (tertiary/aromatic N) is 2. The monoisotopic (exact) mass is 388 g/mol. The first-order valence-electron chi connectivity index (χ1n) is 9.63.